The molecule has 0 aromatic heterocycles. The van der Waals surface area contributed by atoms with E-state index in [-0.39, 0.29) is 10.8 Å². The quantitative estimate of drug-likeness (QED) is 0.444. The summed E-state index contributed by atoms with van der Waals surface area (Å²) in [6, 6.07) is 21.2. The van der Waals surface area contributed by atoms with Gasteiger partial charge in [-0.2, -0.15) is 8.42 Å². The van der Waals surface area contributed by atoms with E-state index in [0.717, 1.165) is 24.3 Å². The molecular formula is C26H30FIO3S+. The van der Waals surface area contributed by atoms with Gasteiger partial charge in [0, 0.05) is 0 Å². The largest absolute Gasteiger partial charge is 0.339 e. The average molecular weight is 568 g/mol. The third-order valence-corrected chi connectivity index (χ3v) is 12.4. The molecule has 0 saturated carbocycles. The first-order chi connectivity index (χ1) is 14.8. The average Bonchev–Trinajstić information content (AvgIpc) is 2.71. The molecule has 3 aromatic rings. The van der Waals surface area contributed by atoms with E-state index < -0.39 is 41.1 Å². The lowest BCUT2D eigenvalue weighted by Crippen LogP contribution is -3.85. The van der Waals surface area contributed by atoms with Gasteiger partial charge in [-0.1, -0.05) is 77.9 Å². The fraction of sp³-hybridized carbons (Fsp3) is 0.308. The SMILES string of the molecule is CC(C)(C)c1ccc([I+](OS(=O)(=O)c2ccccc2F)c2ccc(C(C)(C)C)cc2)cc1. The Morgan fingerprint density at radius 1 is 0.688 bits per heavy atom. The van der Waals surface area contributed by atoms with Gasteiger partial charge in [0.2, 0.25) is 0 Å². The third-order valence-electron chi connectivity index (χ3n) is 5.07. The first-order valence-electron chi connectivity index (χ1n) is 10.4. The fourth-order valence-electron chi connectivity index (χ4n) is 3.09. The van der Waals surface area contributed by atoms with E-state index in [1.165, 1.54) is 18.2 Å². The minimum Gasteiger partial charge on any atom is -0.205 e. The molecule has 6 heteroatoms. The highest BCUT2D eigenvalue weighted by atomic mass is 127. The molecule has 3 rings (SSSR count). The standard InChI is InChI=1S/C26H30FIO3S/c1-25(2,3)19-11-15-21(16-12-19)28(22-17-13-20(14-18-22)26(4,5)6)31-32(29,30)24-10-8-7-9-23(24)27/h7-18H,1-6H3/q+1. The molecule has 3 aromatic carbocycles. The highest BCUT2D eigenvalue weighted by molar-refractivity contribution is 7.86. The highest BCUT2D eigenvalue weighted by Gasteiger charge is 2.39. The van der Waals surface area contributed by atoms with Gasteiger partial charge in [0.25, 0.3) is 0 Å². The van der Waals surface area contributed by atoms with Crippen molar-refractivity contribution in [1.29, 1.82) is 0 Å². The lowest BCUT2D eigenvalue weighted by atomic mass is 9.87. The first-order valence-corrected chi connectivity index (χ1v) is 14.8. The summed E-state index contributed by atoms with van der Waals surface area (Å²) in [6.07, 6.45) is 0. The molecule has 0 saturated heterocycles. The van der Waals surface area contributed by atoms with Crippen LogP contribution in [0.15, 0.2) is 77.7 Å². The molecule has 0 N–H and O–H groups in total. The fourth-order valence-corrected chi connectivity index (χ4v) is 10.0. The van der Waals surface area contributed by atoms with Gasteiger partial charge in [-0.3, -0.25) is 0 Å². The number of rotatable bonds is 5. The monoisotopic (exact) mass is 568 g/mol. The lowest BCUT2D eigenvalue weighted by molar-refractivity contribution is -1.03. The zero-order chi connectivity index (χ0) is 23.7. The molecule has 0 aliphatic carbocycles. The maximum Gasteiger partial charge on any atom is 0.339 e. The minimum absolute atomic E-state index is 0.0218. The van der Waals surface area contributed by atoms with E-state index in [1.54, 1.807) is 0 Å². The minimum atomic E-state index is -4.27. The van der Waals surface area contributed by atoms with Crippen molar-refractivity contribution in [2.24, 2.45) is 0 Å². The van der Waals surface area contributed by atoms with Crippen molar-refractivity contribution in [1.82, 2.24) is 0 Å². The molecule has 0 heterocycles. The van der Waals surface area contributed by atoms with Crippen molar-refractivity contribution in [3.05, 3.63) is 96.9 Å². The van der Waals surface area contributed by atoms with Gasteiger partial charge in [0.15, 0.2) is 7.14 Å². The van der Waals surface area contributed by atoms with Crippen LogP contribution in [0.4, 0.5) is 4.39 Å². The molecule has 0 unspecified atom stereocenters. The zero-order valence-corrected chi connectivity index (χ0v) is 22.3. The molecule has 0 fully saturated rings. The molecule has 0 atom stereocenters. The Morgan fingerprint density at radius 2 is 1.09 bits per heavy atom. The van der Waals surface area contributed by atoms with E-state index in [2.05, 4.69) is 41.5 Å². The van der Waals surface area contributed by atoms with Crippen LogP contribution < -0.4 is 20.2 Å². The van der Waals surface area contributed by atoms with Gasteiger partial charge in [0.05, 0.1) is 0 Å². The Hall–Kier alpha value is -1.77. The summed E-state index contributed by atoms with van der Waals surface area (Å²) in [5, 5.41) is 0. The van der Waals surface area contributed by atoms with Crippen molar-refractivity contribution in [2.75, 3.05) is 0 Å². The molecule has 32 heavy (non-hydrogen) atoms. The van der Waals surface area contributed by atoms with Crippen LogP contribution in [0.25, 0.3) is 0 Å². The Kier molecular flexibility index (Phi) is 7.17. The van der Waals surface area contributed by atoms with Crippen molar-refractivity contribution in [3.8, 4) is 0 Å². The molecule has 0 bridgehead atoms. The van der Waals surface area contributed by atoms with Crippen LogP contribution in [-0.4, -0.2) is 8.42 Å². The van der Waals surface area contributed by atoms with Crippen LogP contribution in [0.5, 0.6) is 0 Å². The predicted molar refractivity (Wildman–Crippen MR) is 122 cm³/mol. The molecular weight excluding hydrogens is 538 g/mol. The van der Waals surface area contributed by atoms with Gasteiger partial charge >= 0.3 is 30.4 Å². The van der Waals surface area contributed by atoms with Crippen molar-refractivity contribution in [2.45, 2.75) is 57.3 Å². The summed E-state index contributed by atoms with van der Waals surface area (Å²) in [4.78, 5) is -0.431. The van der Waals surface area contributed by atoms with Gasteiger partial charge in [-0.15, -0.1) is 0 Å². The molecule has 0 amide bonds. The molecule has 0 aliphatic heterocycles. The third kappa shape index (κ3) is 5.77. The summed E-state index contributed by atoms with van der Waals surface area (Å²) in [7, 11) is -4.27. The van der Waals surface area contributed by atoms with E-state index in [1.807, 2.05) is 48.5 Å². The molecule has 0 spiro atoms. The topological polar surface area (TPSA) is 43.4 Å². The van der Waals surface area contributed by atoms with Crippen LogP contribution in [0.2, 0.25) is 0 Å². The molecule has 1 radical (unpaired) electrons. The summed E-state index contributed by atoms with van der Waals surface area (Å²) in [5.41, 5.74) is 2.26. The molecule has 0 aliphatic rings. The predicted octanol–water partition coefficient (Wildman–Crippen LogP) is 3.41. The maximum absolute atomic E-state index is 14.3. The van der Waals surface area contributed by atoms with Crippen LogP contribution in [-0.2, 0) is 23.5 Å². The van der Waals surface area contributed by atoms with Gasteiger partial charge < -0.3 is 0 Å². The van der Waals surface area contributed by atoms with Crippen LogP contribution >= 0.6 is 0 Å². The van der Waals surface area contributed by atoms with E-state index >= 15 is 0 Å². The van der Waals surface area contributed by atoms with E-state index in [0.29, 0.717) is 0 Å². The van der Waals surface area contributed by atoms with Crippen molar-refractivity contribution in [3.63, 3.8) is 0 Å². The second-order valence-corrected chi connectivity index (χ2v) is 16.2. The number of halogens is 2. The Balaban J connectivity index is 2.06. The Morgan fingerprint density at radius 3 is 1.47 bits per heavy atom. The first kappa shape index (κ1) is 24.9. The van der Waals surface area contributed by atoms with Gasteiger partial charge in [-0.05, 0) is 60.9 Å². The van der Waals surface area contributed by atoms with Crippen LogP contribution in [0.3, 0.4) is 0 Å². The summed E-state index contributed by atoms with van der Waals surface area (Å²) in [6.45, 7) is 12.8. The Labute approximate surface area is 199 Å². The van der Waals surface area contributed by atoms with Gasteiger partial charge in [-0.25, -0.2) is 4.39 Å². The lowest BCUT2D eigenvalue weighted by Gasteiger charge is -2.19. The number of hydrogen-bond acceptors (Lipinski definition) is 3. The highest BCUT2D eigenvalue weighted by Crippen LogP contribution is 2.22. The number of benzene rings is 3. The zero-order valence-electron chi connectivity index (χ0n) is 19.3. The summed E-state index contributed by atoms with van der Waals surface area (Å²) in [5.74, 6) is -0.811. The number of hydrogen-bond donors (Lipinski definition) is 0. The Bertz CT molecular complexity index is 1120. The van der Waals surface area contributed by atoms with Crippen molar-refractivity contribution >= 4 is 10.1 Å². The van der Waals surface area contributed by atoms with E-state index in [4.69, 9.17) is 2.51 Å². The van der Waals surface area contributed by atoms with Crippen molar-refractivity contribution < 1.29 is 35.6 Å². The smallest absolute Gasteiger partial charge is 0.205 e. The second kappa shape index (κ2) is 9.23. The van der Waals surface area contributed by atoms with Crippen LogP contribution in [0.1, 0.15) is 52.7 Å². The second-order valence-electron chi connectivity index (χ2n) is 9.71. The maximum atomic E-state index is 14.3. The molecule has 171 valence electrons. The summed E-state index contributed by atoms with van der Waals surface area (Å²) >= 11 is -2.90. The van der Waals surface area contributed by atoms with Gasteiger partial charge in [0.1, 0.15) is 10.7 Å². The normalized spacial score (nSPS) is 12.9. The van der Waals surface area contributed by atoms with E-state index in [9.17, 15) is 12.8 Å². The van der Waals surface area contributed by atoms with Crippen LogP contribution in [0, 0.1) is 13.0 Å². The molecule has 3 nitrogen and oxygen atoms in total. The summed E-state index contributed by atoms with van der Waals surface area (Å²) < 4.78 is 47.8.